The van der Waals surface area contributed by atoms with Gasteiger partial charge in [0.25, 0.3) is 0 Å². The van der Waals surface area contributed by atoms with Crippen LogP contribution in [0, 0.1) is 23.7 Å². The molecule has 5 rings (SSSR count). The van der Waals surface area contributed by atoms with E-state index in [0.29, 0.717) is 36.3 Å². The monoisotopic (exact) mass is 628 g/mol. The van der Waals surface area contributed by atoms with Crippen LogP contribution in [0.4, 0.5) is 0 Å². The summed E-state index contributed by atoms with van der Waals surface area (Å²) in [4.78, 5) is 14.1. The van der Waals surface area contributed by atoms with Crippen molar-refractivity contribution in [3.63, 3.8) is 0 Å². The lowest BCUT2D eigenvalue weighted by molar-refractivity contribution is -0.342. The number of aliphatic hydroxyl groups excluding tert-OH is 3. The van der Waals surface area contributed by atoms with Gasteiger partial charge in [0, 0.05) is 37.7 Å². The Hall–Kier alpha value is -2.11. The van der Waals surface area contributed by atoms with E-state index in [1.807, 2.05) is 26.8 Å². The molecule has 3 saturated heterocycles. The number of aliphatic hydroxyl groups is 4. The van der Waals surface area contributed by atoms with E-state index < -0.39 is 47.7 Å². The van der Waals surface area contributed by atoms with Gasteiger partial charge < -0.3 is 39.4 Å². The first kappa shape index (κ1) is 34.2. The fourth-order valence-electron chi connectivity index (χ4n) is 7.85. The van der Waals surface area contributed by atoms with E-state index in [9.17, 15) is 25.2 Å². The van der Waals surface area contributed by atoms with Crippen LogP contribution in [0.25, 0.3) is 0 Å². The van der Waals surface area contributed by atoms with Crippen LogP contribution in [-0.4, -0.2) is 87.6 Å². The Morgan fingerprint density at radius 2 is 1.91 bits per heavy atom. The third-order valence-electron chi connectivity index (χ3n) is 10.2. The van der Waals surface area contributed by atoms with E-state index in [1.54, 1.807) is 25.2 Å². The number of fused-ring (bicyclic) bond motifs is 2. The Kier molecular flexibility index (Phi) is 10.3. The van der Waals surface area contributed by atoms with Gasteiger partial charge in [-0.3, -0.25) is 4.79 Å². The van der Waals surface area contributed by atoms with Crippen LogP contribution in [-0.2, 0) is 23.7 Å². The summed E-state index contributed by atoms with van der Waals surface area (Å²) < 4.78 is 25.6. The smallest absolute Gasteiger partial charge is 0.316 e. The molecule has 250 valence electrons. The number of esters is 1. The van der Waals surface area contributed by atoms with E-state index in [2.05, 4.69) is 26.0 Å². The number of ether oxygens (including phenoxy) is 4. The van der Waals surface area contributed by atoms with Crippen LogP contribution in [0.3, 0.4) is 0 Å². The van der Waals surface area contributed by atoms with Crippen LogP contribution >= 0.6 is 0 Å². The van der Waals surface area contributed by atoms with Crippen molar-refractivity contribution < 1.29 is 44.2 Å². The molecule has 4 aliphatic heterocycles. The minimum absolute atomic E-state index is 0.0488. The summed E-state index contributed by atoms with van der Waals surface area (Å²) in [5.74, 6) is -2.88. The van der Waals surface area contributed by atoms with Gasteiger partial charge >= 0.3 is 5.97 Å². The Balaban J connectivity index is 1.53. The molecule has 0 amide bonds. The lowest BCUT2D eigenvalue weighted by Crippen LogP contribution is -2.59. The summed E-state index contributed by atoms with van der Waals surface area (Å²) in [6.07, 6.45) is 9.18. The Morgan fingerprint density at radius 1 is 1.16 bits per heavy atom. The molecule has 0 aromatic rings. The zero-order valence-electron chi connectivity index (χ0n) is 27.5. The third kappa shape index (κ3) is 6.96. The van der Waals surface area contributed by atoms with E-state index in [1.165, 1.54) is 0 Å². The van der Waals surface area contributed by atoms with Crippen LogP contribution in [0.2, 0.25) is 0 Å². The average molecular weight is 629 g/mol. The number of carbonyl (C=O) groups excluding carboxylic acids is 1. The third-order valence-corrected chi connectivity index (χ3v) is 10.2. The molecule has 0 radical (unpaired) electrons. The molecule has 0 aromatic carbocycles. The van der Waals surface area contributed by atoms with Crippen molar-refractivity contribution in [2.24, 2.45) is 23.7 Å². The Bertz CT molecular complexity index is 1260. The molecule has 9 heteroatoms. The van der Waals surface area contributed by atoms with Gasteiger partial charge in [0.2, 0.25) is 0 Å². The molecule has 45 heavy (non-hydrogen) atoms. The first-order valence-electron chi connectivity index (χ1n) is 16.5. The topological polar surface area (TPSA) is 135 Å². The number of hydrogen-bond donors (Lipinski definition) is 4. The van der Waals surface area contributed by atoms with Crippen LogP contribution in [0.5, 0.6) is 0 Å². The quantitative estimate of drug-likeness (QED) is 0.270. The van der Waals surface area contributed by atoms with Crippen molar-refractivity contribution >= 4 is 5.97 Å². The van der Waals surface area contributed by atoms with Crippen molar-refractivity contribution in [3.8, 4) is 0 Å². The first-order chi connectivity index (χ1) is 21.3. The van der Waals surface area contributed by atoms with E-state index in [0.717, 1.165) is 11.1 Å². The SMILES string of the molecule is CC1=C[C@H]2C(=O)O[C@H]3C[C@@H](C/C=C(\C)C[C@@H](CO)/C=C/C=C4\CO[C@H]([C@@H]1O)[C@@]42O)O[C@]1(C3)C[C@H](O)[C@H](C)[C@H](/C(C)=C/C(C)C)O1. The van der Waals surface area contributed by atoms with E-state index >= 15 is 0 Å². The van der Waals surface area contributed by atoms with Crippen molar-refractivity contribution in [2.45, 2.75) is 122 Å². The second-order valence-corrected chi connectivity index (χ2v) is 14.4. The second-order valence-electron chi connectivity index (χ2n) is 14.4. The maximum Gasteiger partial charge on any atom is 0.316 e. The number of hydrogen-bond acceptors (Lipinski definition) is 9. The molecule has 11 atom stereocenters. The zero-order valence-corrected chi connectivity index (χ0v) is 27.5. The zero-order chi connectivity index (χ0) is 32.7. The molecule has 9 nitrogen and oxygen atoms in total. The number of allylic oxidation sites excluding steroid dienone is 4. The van der Waals surface area contributed by atoms with Gasteiger partial charge in [0.1, 0.15) is 29.8 Å². The molecule has 1 spiro atoms. The van der Waals surface area contributed by atoms with Crippen molar-refractivity contribution in [2.75, 3.05) is 13.2 Å². The first-order valence-corrected chi connectivity index (χ1v) is 16.5. The fraction of sp³-hybridized carbons (Fsp3) is 0.694. The molecular weight excluding hydrogens is 576 g/mol. The van der Waals surface area contributed by atoms with Crippen LogP contribution in [0.15, 0.2) is 58.7 Å². The lowest BCUT2D eigenvalue weighted by Gasteiger charge is -2.51. The predicted octanol–water partition coefficient (Wildman–Crippen LogP) is 4.06. The Morgan fingerprint density at radius 3 is 2.62 bits per heavy atom. The van der Waals surface area contributed by atoms with Gasteiger partial charge in [-0.25, -0.2) is 0 Å². The van der Waals surface area contributed by atoms with Gasteiger partial charge in [-0.1, -0.05) is 62.8 Å². The highest BCUT2D eigenvalue weighted by atomic mass is 16.7. The Labute approximate surface area is 267 Å². The standard InChI is InChI=1S/C36H52O9/c1-20(2)12-23(5)32-24(6)30(38)17-35(45-32)16-28-15-27(44-35)11-10-21(3)13-25(18-37)8-7-9-26-19-42-33-31(39)22(4)14-29(34(40)43-28)36(26,33)41/h7-10,12,14,20,24-25,27-33,37-39,41H,11,13,15-19H2,1-6H3/b8-7+,21-10+,23-12+,26-9+/t24-,25-,27+,28-,29-,30-,31+,32-,33+,35-,36+/m0/s1. The molecule has 5 aliphatic rings. The van der Waals surface area contributed by atoms with Crippen LogP contribution in [0.1, 0.15) is 73.6 Å². The molecule has 0 saturated carbocycles. The summed E-state index contributed by atoms with van der Waals surface area (Å²) in [5, 5.41) is 44.5. The summed E-state index contributed by atoms with van der Waals surface area (Å²) in [6, 6.07) is 0. The summed E-state index contributed by atoms with van der Waals surface area (Å²) >= 11 is 0. The highest BCUT2D eigenvalue weighted by Crippen LogP contribution is 2.47. The number of rotatable bonds is 3. The summed E-state index contributed by atoms with van der Waals surface area (Å²) in [7, 11) is 0. The van der Waals surface area contributed by atoms with E-state index in [4.69, 9.17) is 18.9 Å². The average Bonchev–Trinajstić information content (AvgIpc) is 3.31. The van der Waals surface area contributed by atoms with Gasteiger partial charge in [-0.15, -0.1) is 0 Å². The summed E-state index contributed by atoms with van der Waals surface area (Å²) in [6.45, 7) is 11.9. The molecule has 2 bridgehead atoms. The highest BCUT2D eigenvalue weighted by molar-refractivity contribution is 5.78. The maximum absolute atomic E-state index is 14.1. The largest absolute Gasteiger partial charge is 0.462 e. The molecule has 4 heterocycles. The molecule has 4 N–H and O–H groups in total. The van der Waals surface area contributed by atoms with E-state index in [-0.39, 0.29) is 50.1 Å². The summed E-state index contributed by atoms with van der Waals surface area (Å²) in [5.41, 5.74) is 1.30. The molecule has 0 aromatic heterocycles. The second kappa shape index (κ2) is 13.6. The lowest BCUT2D eigenvalue weighted by atomic mass is 9.71. The van der Waals surface area contributed by atoms with Crippen LogP contribution < -0.4 is 0 Å². The van der Waals surface area contributed by atoms with Gasteiger partial charge in [-0.05, 0) is 56.3 Å². The van der Waals surface area contributed by atoms with Gasteiger partial charge in [-0.2, -0.15) is 0 Å². The highest BCUT2D eigenvalue weighted by Gasteiger charge is 2.60. The maximum atomic E-state index is 14.1. The molecule has 0 unspecified atom stereocenters. The predicted molar refractivity (Wildman–Crippen MR) is 169 cm³/mol. The van der Waals surface area contributed by atoms with Crippen molar-refractivity contribution in [3.05, 3.63) is 58.7 Å². The van der Waals surface area contributed by atoms with Crippen molar-refractivity contribution in [1.82, 2.24) is 0 Å². The minimum atomic E-state index is -1.80. The minimum Gasteiger partial charge on any atom is -0.462 e. The van der Waals surface area contributed by atoms with Gasteiger partial charge in [0.05, 0.1) is 24.9 Å². The molecule has 3 fully saturated rings. The molecular formula is C36H52O9. The fourth-order valence-corrected chi connectivity index (χ4v) is 7.85. The van der Waals surface area contributed by atoms with Gasteiger partial charge in [0.15, 0.2) is 5.79 Å². The molecule has 1 aliphatic carbocycles. The normalized spacial score (nSPS) is 46.0. The van der Waals surface area contributed by atoms with Crippen molar-refractivity contribution in [1.29, 1.82) is 0 Å². The number of carbonyl (C=O) groups is 1.